The molecule has 0 radical (unpaired) electrons. The van der Waals surface area contributed by atoms with Gasteiger partial charge in [-0.25, -0.2) is 15.0 Å². The maximum Gasteiger partial charge on any atom is 0.149 e. The Bertz CT molecular complexity index is 634. The Labute approximate surface area is 100 Å². The van der Waals surface area contributed by atoms with Crippen molar-refractivity contribution in [2.24, 2.45) is 0 Å². The van der Waals surface area contributed by atoms with Gasteiger partial charge >= 0.3 is 0 Å². The molecule has 0 bridgehead atoms. The van der Waals surface area contributed by atoms with Crippen molar-refractivity contribution in [1.29, 1.82) is 0 Å². The first-order valence-corrected chi connectivity index (χ1v) is 5.52. The summed E-state index contributed by atoms with van der Waals surface area (Å²) in [5, 5.41) is 0.995. The number of hydrogen-bond acceptors (Lipinski definition) is 3. The van der Waals surface area contributed by atoms with Gasteiger partial charge in [0.05, 0.1) is 5.52 Å². The molecule has 5 heteroatoms. The minimum Gasteiger partial charge on any atom is -0.290 e. The molecule has 0 aliphatic heterocycles. The number of imidazole rings is 1. The molecule has 2 heterocycles. The summed E-state index contributed by atoms with van der Waals surface area (Å²) in [7, 11) is 0. The van der Waals surface area contributed by atoms with Crippen LogP contribution in [0.25, 0.3) is 16.7 Å². The minimum atomic E-state index is 0.837. The summed E-state index contributed by atoms with van der Waals surface area (Å²) in [5.41, 5.74) is 0.918. The lowest BCUT2D eigenvalue weighted by molar-refractivity contribution is 0.992. The van der Waals surface area contributed by atoms with E-state index in [1.807, 2.05) is 29.0 Å². The van der Waals surface area contributed by atoms with Gasteiger partial charge < -0.3 is 0 Å². The third-order valence-corrected chi connectivity index (χ3v) is 2.82. The molecule has 0 N–H and O–H groups in total. The number of fused-ring (bicyclic) bond motifs is 1. The molecule has 0 saturated heterocycles. The van der Waals surface area contributed by atoms with Gasteiger partial charge in [-0.2, -0.15) is 0 Å². The summed E-state index contributed by atoms with van der Waals surface area (Å²) in [6.07, 6.45) is 6.88. The number of nitrogens with zero attached hydrogens (tertiary/aromatic N) is 4. The molecule has 1 aromatic carbocycles. The molecule has 78 valence electrons. The second kappa shape index (κ2) is 3.68. The summed E-state index contributed by atoms with van der Waals surface area (Å²) < 4.78 is 2.88. The largest absolute Gasteiger partial charge is 0.290 e. The molecule has 3 aromatic rings. The van der Waals surface area contributed by atoms with Gasteiger partial charge in [-0.1, -0.05) is 15.9 Å². The SMILES string of the molecule is Brc1ccc2ncnc(-n3ccnc3)c2c1. The van der Waals surface area contributed by atoms with Crippen molar-refractivity contribution < 1.29 is 0 Å². The van der Waals surface area contributed by atoms with E-state index in [9.17, 15) is 0 Å². The second-order valence-corrected chi connectivity index (χ2v) is 4.24. The van der Waals surface area contributed by atoms with Crippen LogP contribution in [0.15, 0.2) is 47.7 Å². The van der Waals surface area contributed by atoms with Crippen molar-refractivity contribution in [1.82, 2.24) is 19.5 Å². The standard InChI is InChI=1S/C11H7BrN4/c12-8-1-2-10-9(5-8)11(15-6-14-10)16-4-3-13-7-16/h1-7H. The number of aromatic nitrogens is 4. The molecule has 4 nitrogen and oxygen atoms in total. The van der Waals surface area contributed by atoms with Crippen LogP contribution < -0.4 is 0 Å². The highest BCUT2D eigenvalue weighted by Gasteiger charge is 2.05. The molecule has 0 aliphatic rings. The van der Waals surface area contributed by atoms with Gasteiger partial charge in [0.15, 0.2) is 0 Å². The molecule has 2 aromatic heterocycles. The summed E-state index contributed by atoms with van der Waals surface area (Å²) in [6, 6.07) is 5.93. The monoisotopic (exact) mass is 274 g/mol. The van der Waals surface area contributed by atoms with E-state index in [1.165, 1.54) is 0 Å². The Morgan fingerprint density at radius 2 is 2.12 bits per heavy atom. The first-order chi connectivity index (χ1) is 7.84. The zero-order valence-electron chi connectivity index (χ0n) is 8.21. The molecule has 3 rings (SSSR count). The highest BCUT2D eigenvalue weighted by molar-refractivity contribution is 9.10. The number of halogens is 1. The fraction of sp³-hybridized carbons (Fsp3) is 0. The second-order valence-electron chi connectivity index (χ2n) is 3.33. The van der Waals surface area contributed by atoms with Gasteiger partial charge in [0, 0.05) is 22.3 Å². The predicted molar refractivity (Wildman–Crippen MR) is 64.4 cm³/mol. The van der Waals surface area contributed by atoms with Gasteiger partial charge in [0.25, 0.3) is 0 Å². The molecule has 0 atom stereocenters. The number of benzene rings is 1. The van der Waals surface area contributed by atoms with Crippen molar-refractivity contribution in [2.45, 2.75) is 0 Å². The third kappa shape index (κ3) is 1.49. The Morgan fingerprint density at radius 1 is 1.19 bits per heavy atom. The molecule has 0 fully saturated rings. The first-order valence-electron chi connectivity index (χ1n) is 4.73. The van der Waals surface area contributed by atoms with E-state index in [-0.39, 0.29) is 0 Å². The normalized spacial score (nSPS) is 10.8. The van der Waals surface area contributed by atoms with Crippen LogP contribution in [-0.4, -0.2) is 19.5 Å². The van der Waals surface area contributed by atoms with E-state index in [0.717, 1.165) is 21.2 Å². The molecule has 0 saturated carbocycles. The van der Waals surface area contributed by atoms with Gasteiger partial charge in [0.1, 0.15) is 18.5 Å². The average molecular weight is 275 g/mol. The molecule has 0 aliphatic carbocycles. The highest BCUT2D eigenvalue weighted by atomic mass is 79.9. The molecular weight excluding hydrogens is 268 g/mol. The van der Waals surface area contributed by atoms with Crippen molar-refractivity contribution in [3.05, 3.63) is 47.7 Å². The summed E-state index contributed by atoms with van der Waals surface area (Å²) >= 11 is 3.45. The van der Waals surface area contributed by atoms with Crippen molar-refractivity contribution >= 4 is 26.8 Å². The zero-order valence-corrected chi connectivity index (χ0v) is 9.79. The predicted octanol–water partition coefficient (Wildman–Crippen LogP) is 2.58. The summed E-state index contributed by atoms with van der Waals surface area (Å²) in [6.45, 7) is 0. The van der Waals surface area contributed by atoms with Crippen molar-refractivity contribution in [2.75, 3.05) is 0 Å². The zero-order chi connectivity index (χ0) is 11.0. The fourth-order valence-corrected chi connectivity index (χ4v) is 1.97. The van der Waals surface area contributed by atoms with Crippen LogP contribution in [0.2, 0.25) is 0 Å². The molecule has 0 unspecified atom stereocenters. The van der Waals surface area contributed by atoms with Crippen LogP contribution in [0.5, 0.6) is 0 Å². The lowest BCUT2D eigenvalue weighted by atomic mass is 10.2. The molecule has 0 amide bonds. The van der Waals surface area contributed by atoms with E-state index in [2.05, 4.69) is 30.9 Å². The van der Waals surface area contributed by atoms with Gasteiger partial charge in [0.2, 0.25) is 0 Å². The van der Waals surface area contributed by atoms with E-state index in [1.54, 1.807) is 18.9 Å². The maximum absolute atomic E-state index is 4.28. The lowest BCUT2D eigenvalue weighted by Gasteiger charge is -2.05. The fourth-order valence-electron chi connectivity index (χ4n) is 1.61. The first kappa shape index (κ1) is 9.47. The average Bonchev–Trinajstić information content (AvgIpc) is 2.81. The Balaban J connectivity index is 2.36. The number of hydrogen-bond donors (Lipinski definition) is 0. The van der Waals surface area contributed by atoms with E-state index in [4.69, 9.17) is 0 Å². The highest BCUT2D eigenvalue weighted by Crippen LogP contribution is 2.22. The molecular formula is C11H7BrN4. The van der Waals surface area contributed by atoms with Crippen LogP contribution in [0, 0.1) is 0 Å². The quantitative estimate of drug-likeness (QED) is 0.685. The van der Waals surface area contributed by atoms with E-state index < -0.39 is 0 Å². The van der Waals surface area contributed by atoms with Gasteiger partial charge in [-0.15, -0.1) is 0 Å². The topological polar surface area (TPSA) is 43.6 Å². The smallest absolute Gasteiger partial charge is 0.149 e. The molecule has 0 spiro atoms. The van der Waals surface area contributed by atoms with Crippen LogP contribution in [0.4, 0.5) is 0 Å². The summed E-state index contributed by atoms with van der Waals surface area (Å²) in [4.78, 5) is 12.5. The van der Waals surface area contributed by atoms with E-state index in [0.29, 0.717) is 0 Å². The van der Waals surface area contributed by atoms with Crippen molar-refractivity contribution in [3.8, 4) is 5.82 Å². The van der Waals surface area contributed by atoms with Crippen LogP contribution in [-0.2, 0) is 0 Å². The van der Waals surface area contributed by atoms with Crippen LogP contribution >= 0.6 is 15.9 Å². The lowest BCUT2D eigenvalue weighted by Crippen LogP contribution is -1.96. The van der Waals surface area contributed by atoms with Gasteiger partial charge in [-0.05, 0) is 18.2 Å². The Morgan fingerprint density at radius 3 is 2.94 bits per heavy atom. The van der Waals surface area contributed by atoms with Crippen molar-refractivity contribution in [3.63, 3.8) is 0 Å². The third-order valence-electron chi connectivity index (χ3n) is 2.33. The van der Waals surface area contributed by atoms with Crippen LogP contribution in [0.1, 0.15) is 0 Å². The van der Waals surface area contributed by atoms with Crippen LogP contribution in [0.3, 0.4) is 0 Å². The maximum atomic E-state index is 4.28. The Hall–Kier alpha value is -1.75. The molecule has 16 heavy (non-hydrogen) atoms. The summed E-state index contributed by atoms with van der Waals surface area (Å²) in [5.74, 6) is 0.837. The Kier molecular flexibility index (Phi) is 2.18. The number of rotatable bonds is 1. The van der Waals surface area contributed by atoms with E-state index >= 15 is 0 Å². The minimum absolute atomic E-state index is 0.837. The van der Waals surface area contributed by atoms with Gasteiger partial charge in [-0.3, -0.25) is 4.57 Å².